The summed E-state index contributed by atoms with van der Waals surface area (Å²) in [6.45, 7) is 1.99. The fourth-order valence-electron chi connectivity index (χ4n) is 3.42. The minimum absolute atomic E-state index is 0.0655. The molecule has 1 aliphatic heterocycles. The molecule has 0 amide bonds. The first-order valence-corrected chi connectivity index (χ1v) is 9.15. The Balaban J connectivity index is 1.52. The van der Waals surface area contributed by atoms with Crippen molar-refractivity contribution in [3.8, 4) is 0 Å². The molecule has 0 spiro atoms. The highest BCUT2D eigenvalue weighted by atomic mass is 32.2. The third kappa shape index (κ3) is 2.87. The zero-order valence-electron chi connectivity index (χ0n) is 13.1. The van der Waals surface area contributed by atoms with Crippen LogP contribution in [0.4, 0.5) is 0 Å². The van der Waals surface area contributed by atoms with E-state index >= 15 is 0 Å². The highest BCUT2D eigenvalue weighted by Crippen LogP contribution is 2.27. The average Bonchev–Trinajstić information content (AvgIpc) is 2.97. The number of fused-ring (bicyclic) bond motifs is 2. The number of H-pyrrole nitrogens is 1. The number of hydrogen-bond donors (Lipinski definition) is 2. The number of aryl methyl sites for hydroxylation is 1. The van der Waals surface area contributed by atoms with Crippen molar-refractivity contribution < 1.29 is 0 Å². The van der Waals surface area contributed by atoms with E-state index in [0.717, 1.165) is 16.2 Å². The van der Waals surface area contributed by atoms with Crippen LogP contribution in [-0.2, 0) is 5.75 Å². The lowest BCUT2D eigenvalue weighted by atomic mass is 9.92. The van der Waals surface area contributed by atoms with Gasteiger partial charge in [0.25, 0.3) is 5.56 Å². The first-order valence-electron chi connectivity index (χ1n) is 8.16. The monoisotopic (exact) mass is 328 g/mol. The van der Waals surface area contributed by atoms with E-state index in [-0.39, 0.29) is 5.56 Å². The van der Waals surface area contributed by atoms with E-state index in [0.29, 0.717) is 29.0 Å². The molecule has 1 saturated carbocycles. The third-order valence-corrected chi connectivity index (χ3v) is 5.57. The van der Waals surface area contributed by atoms with Crippen molar-refractivity contribution >= 4 is 27.8 Å². The van der Waals surface area contributed by atoms with E-state index in [9.17, 15) is 4.79 Å². The van der Waals surface area contributed by atoms with Crippen LogP contribution in [0.1, 0.15) is 37.1 Å². The normalized spacial score (nSPS) is 23.4. The second kappa shape index (κ2) is 6.00. The number of aromatic nitrogens is 2. The average molecular weight is 328 g/mol. The number of benzene rings is 1. The molecule has 5 nitrogen and oxygen atoms in total. The summed E-state index contributed by atoms with van der Waals surface area (Å²) in [5.41, 5.74) is 1.76. The molecule has 2 atom stereocenters. The molecule has 2 aromatic rings. The van der Waals surface area contributed by atoms with Crippen LogP contribution in [0.15, 0.2) is 28.0 Å². The molecule has 1 aliphatic carbocycles. The van der Waals surface area contributed by atoms with Gasteiger partial charge in [-0.1, -0.05) is 36.7 Å². The molecule has 23 heavy (non-hydrogen) atoms. The van der Waals surface area contributed by atoms with Crippen LogP contribution in [0, 0.1) is 6.92 Å². The van der Waals surface area contributed by atoms with Gasteiger partial charge in [0.15, 0.2) is 5.17 Å². The van der Waals surface area contributed by atoms with Crippen LogP contribution >= 0.6 is 11.8 Å². The Kier molecular flexibility index (Phi) is 3.85. The molecule has 1 aromatic carbocycles. The smallest absolute Gasteiger partial charge is 0.258 e. The summed E-state index contributed by atoms with van der Waals surface area (Å²) in [5, 5.41) is 5.17. The van der Waals surface area contributed by atoms with Gasteiger partial charge in [0, 0.05) is 0 Å². The van der Waals surface area contributed by atoms with E-state index in [2.05, 4.69) is 15.3 Å². The second-order valence-corrected chi connectivity index (χ2v) is 7.27. The van der Waals surface area contributed by atoms with Crippen LogP contribution in [0.25, 0.3) is 10.9 Å². The molecule has 6 heteroatoms. The predicted octanol–water partition coefficient (Wildman–Crippen LogP) is 2.74. The van der Waals surface area contributed by atoms with E-state index in [1.165, 1.54) is 25.7 Å². The zero-order valence-corrected chi connectivity index (χ0v) is 13.9. The molecular formula is C17H20N4OS. The van der Waals surface area contributed by atoms with E-state index < -0.39 is 0 Å². The summed E-state index contributed by atoms with van der Waals surface area (Å²) in [6.07, 6.45) is 4.97. The number of rotatable bonds is 2. The number of hydrogen-bond acceptors (Lipinski definition) is 5. The van der Waals surface area contributed by atoms with Crippen LogP contribution in [-0.4, -0.2) is 27.2 Å². The lowest BCUT2D eigenvalue weighted by Crippen LogP contribution is -2.36. The highest BCUT2D eigenvalue weighted by Gasteiger charge is 2.30. The summed E-state index contributed by atoms with van der Waals surface area (Å²) in [5.74, 6) is 1.34. The fourth-order valence-corrected chi connectivity index (χ4v) is 4.27. The minimum Gasteiger partial charge on any atom is -0.360 e. The SMILES string of the molecule is Cc1cccc2c(=O)[nH]c(CSC3=N[C@@H]4CCCC[C@@H]4N3)nc12. The van der Waals surface area contributed by atoms with Gasteiger partial charge in [-0.15, -0.1) is 0 Å². The number of nitrogens with zero attached hydrogens (tertiary/aromatic N) is 2. The Hall–Kier alpha value is -1.82. The van der Waals surface area contributed by atoms with E-state index in [1.54, 1.807) is 11.8 Å². The van der Waals surface area contributed by atoms with E-state index in [4.69, 9.17) is 4.99 Å². The van der Waals surface area contributed by atoms with Gasteiger partial charge >= 0.3 is 0 Å². The molecule has 1 aromatic heterocycles. The summed E-state index contributed by atoms with van der Waals surface area (Å²) < 4.78 is 0. The van der Waals surface area contributed by atoms with Crippen molar-refractivity contribution in [1.29, 1.82) is 0 Å². The molecule has 2 N–H and O–H groups in total. The Labute approximate surface area is 139 Å². The molecule has 0 saturated heterocycles. The first-order chi connectivity index (χ1) is 11.2. The summed E-state index contributed by atoms with van der Waals surface area (Å²) in [4.78, 5) is 24.5. The van der Waals surface area contributed by atoms with Gasteiger partial charge in [0.2, 0.25) is 0 Å². The third-order valence-electron chi connectivity index (χ3n) is 4.65. The lowest BCUT2D eigenvalue weighted by Gasteiger charge is -2.23. The molecular weight excluding hydrogens is 308 g/mol. The number of nitrogens with one attached hydrogen (secondary N) is 2. The van der Waals surface area contributed by atoms with E-state index in [1.807, 2.05) is 25.1 Å². The molecule has 4 rings (SSSR count). The Bertz CT molecular complexity index is 829. The lowest BCUT2D eigenvalue weighted by molar-refractivity contribution is 0.385. The van der Waals surface area contributed by atoms with Gasteiger partial charge in [0.1, 0.15) is 5.82 Å². The number of aromatic amines is 1. The van der Waals surface area contributed by atoms with Gasteiger partial charge in [-0.25, -0.2) is 4.98 Å². The Morgan fingerprint density at radius 2 is 2.17 bits per heavy atom. The topological polar surface area (TPSA) is 70.1 Å². The number of para-hydroxylation sites is 1. The highest BCUT2D eigenvalue weighted by molar-refractivity contribution is 8.13. The fraction of sp³-hybridized carbons (Fsp3) is 0.471. The molecule has 120 valence electrons. The molecule has 0 radical (unpaired) electrons. The first kappa shape index (κ1) is 14.8. The van der Waals surface area contributed by atoms with Gasteiger partial charge in [-0.2, -0.15) is 0 Å². The molecule has 0 unspecified atom stereocenters. The van der Waals surface area contributed by atoms with Crippen molar-refractivity contribution in [2.75, 3.05) is 0 Å². The summed E-state index contributed by atoms with van der Waals surface area (Å²) in [7, 11) is 0. The molecule has 1 fully saturated rings. The number of amidine groups is 1. The molecule has 0 bridgehead atoms. The van der Waals surface area contributed by atoms with Gasteiger partial charge < -0.3 is 10.3 Å². The summed E-state index contributed by atoms with van der Waals surface area (Å²) in [6, 6.07) is 6.65. The minimum atomic E-state index is -0.0655. The zero-order chi connectivity index (χ0) is 15.8. The van der Waals surface area contributed by atoms with Crippen LogP contribution < -0.4 is 10.9 Å². The number of aliphatic imine (C=N–C) groups is 1. The van der Waals surface area contributed by atoms with Crippen molar-refractivity contribution in [1.82, 2.24) is 15.3 Å². The van der Waals surface area contributed by atoms with Crippen molar-refractivity contribution in [2.45, 2.75) is 50.4 Å². The maximum atomic E-state index is 12.2. The van der Waals surface area contributed by atoms with Crippen molar-refractivity contribution in [3.05, 3.63) is 39.9 Å². The van der Waals surface area contributed by atoms with Crippen LogP contribution in [0.5, 0.6) is 0 Å². The molecule has 2 aliphatic rings. The molecule has 2 heterocycles. The van der Waals surface area contributed by atoms with Gasteiger partial charge in [0.05, 0.1) is 28.7 Å². The number of thioether (sulfide) groups is 1. The maximum absolute atomic E-state index is 12.2. The summed E-state index contributed by atoms with van der Waals surface area (Å²) >= 11 is 1.63. The van der Waals surface area contributed by atoms with Gasteiger partial charge in [-0.3, -0.25) is 9.79 Å². The van der Waals surface area contributed by atoms with Crippen molar-refractivity contribution in [2.24, 2.45) is 4.99 Å². The standard InChI is InChI=1S/C17H20N4OS/c1-10-5-4-6-11-15(10)20-14(21-16(11)22)9-23-17-18-12-7-2-3-8-13(12)19-17/h4-6,12-13H,2-3,7-9H2,1H3,(H,18,19)(H,20,21,22)/t12-,13+. The van der Waals surface area contributed by atoms with Crippen LogP contribution in [0.2, 0.25) is 0 Å². The predicted molar refractivity (Wildman–Crippen MR) is 95.0 cm³/mol. The van der Waals surface area contributed by atoms with Crippen molar-refractivity contribution in [3.63, 3.8) is 0 Å². The van der Waals surface area contributed by atoms with Crippen LogP contribution in [0.3, 0.4) is 0 Å². The van der Waals surface area contributed by atoms with Gasteiger partial charge in [-0.05, 0) is 31.4 Å². The Morgan fingerprint density at radius 3 is 3.04 bits per heavy atom. The largest absolute Gasteiger partial charge is 0.360 e. The second-order valence-electron chi connectivity index (χ2n) is 6.31. The Morgan fingerprint density at radius 1 is 1.30 bits per heavy atom. The quantitative estimate of drug-likeness (QED) is 0.889. The maximum Gasteiger partial charge on any atom is 0.258 e.